The summed E-state index contributed by atoms with van der Waals surface area (Å²) in [5.41, 5.74) is 0. The summed E-state index contributed by atoms with van der Waals surface area (Å²) >= 11 is 3.63. The average molecular weight is 430 g/mol. The van der Waals surface area contributed by atoms with Gasteiger partial charge in [0.05, 0.1) is 0 Å². The second-order valence-corrected chi connectivity index (χ2v) is 5.66. The van der Waals surface area contributed by atoms with E-state index >= 15 is 0 Å². The molecule has 1 amide bonds. The Morgan fingerprint density at radius 3 is 1.65 bits per heavy atom. The molecule has 0 bridgehead atoms. The highest BCUT2D eigenvalue weighted by Gasteiger charge is 2.87. The van der Waals surface area contributed by atoms with Crippen LogP contribution in [-0.4, -0.2) is 53.2 Å². The summed E-state index contributed by atoms with van der Waals surface area (Å²) in [5.74, 6) is -31.1. The molecule has 0 atom stereocenters. The lowest BCUT2D eigenvalue weighted by Crippen LogP contribution is -2.69. The summed E-state index contributed by atoms with van der Waals surface area (Å²) < 4.78 is 130. The molecule has 0 unspecified atom stereocenters. The molecule has 0 radical (unpaired) electrons. The summed E-state index contributed by atoms with van der Waals surface area (Å²) in [6.45, 7) is -0.894. The summed E-state index contributed by atoms with van der Waals surface area (Å²) in [6.07, 6.45) is 0.833. The summed E-state index contributed by atoms with van der Waals surface area (Å²) in [7, 11) is 0. The monoisotopic (exact) mass is 429 g/mol. The van der Waals surface area contributed by atoms with Crippen molar-refractivity contribution in [2.75, 3.05) is 13.2 Å². The molecule has 0 aromatic heterocycles. The van der Waals surface area contributed by atoms with Gasteiger partial charge < -0.3 is 10.4 Å². The Morgan fingerprint density at radius 1 is 0.769 bits per heavy atom. The quantitative estimate of drug-likeness (QED) is 0.296. The van der Waals surface area contributed by atoms with Crippen molar-refractivity contribution < 1.29 is 53.8 Å². The number of hydrogen-bond donors (Lipinski definition) is 2. The maximum Gasteiger partial charge on any atom is 0.393 e. The van der Waals surface area contributed by atoms with E-state index in [1.165, 1.54) is 0 Å². The standard InChI is InChI=1S/C12H14ClF10NO2/c13-12(22,23)11(20,21)10(18,19)9(16,17)8(14,15)7(26)24-5-3-1-2-4-6-25/h25H,1-6H2,(H,24,26). The highest BCUT2D eigenvalue weighted by atomic mass is 35.5. The predicted molar refractivity (Wildman–Crippen MR) is 69.2 cm³/mol. The van der Waals surface area contributed by atoms with Crippen LogP contribution in [0.4, 0.5) is 43.9 Å². The van der Waals surface area contributed by atoms with Crippen molar-refractivity contribution in [3.63, 3.8) is 0 Å². The van der Waals surface area contributed by atoms with Gasteiger partial charge in [0.25, 0.3) is 5.91 Å². The van der Waals surface area contributed by atoms with Crippen LogP contribution in [0, 0.1) is 0 Å². The maximum atomic E-state index is 13.3. The number of unbranched alkanes of at least 4 members (excludes halogenated alkanes) is 3. The van der Waals surface area contributed by atoms with Crippen LogP contribution in [0.3, 0.4) is 0 Å². The molecule has 0 heterocycles. The lowest BCUT2D eigenvalue weighted by molar-refractivity contribution is -0.382. The number of hydrogen-bond acceptors (Lipinski definition) is 2. The van der Waals surface area contributed by atoms with Crippen LogP contribution in [0.15, 0.2) is 0 Å². The van der Waals surface area contributed by atoms with E-state index in [2.05, 4.69) is 11.6 Å². The topological polar surface area (TPSA) is 49.3 Å². The van der Waals surface area contributed by atoms with Gasteiger partial charge in [0.15, 0.2) is 0 Å². The van der Waals surface area contributed by atoms with E-state index in [1.54, 1.807) is 0 Å². The fraction of sp³-hybridized carbons (Fsp3) is 0.917. The first-order chi connectivity index (χ1) is 11.5. The maximum absolute atomic E-state index is 13.3. The van der Waals surface area contributed by atoms with Crippen molar-refractivity contribution in [3.05, 3.63) is 0 Å². The number of aliphatic hydroxyl groups is 1. The first-order valence-electron chi connectivity index (χ1n) is 6.95. The highest BCUT2D eigenvalue weighted by Crippen LogP contribution is 2.57. The molecule has 2 N–H and O–H groups in total. The molecule has 0 saturated carbocycles. The first kappa shape index (κ1) is 25.0. The van der Waals surface area contributed by atoms with E-state index in [-0.39, 0.29) is 19.4 Å². The lowest BCUT2D eigenvalue weighted by Gasteiger charge is -2.37. The van der Waals surface area contributed by atoms with Gasteiger partial charge in [-0.3, -0.25) is 4.79 Å². The van der Waals surface area contributed by atoms with Crippen LogP contribution in [0.5, 0.6) is 0 Å². The molecular formula is C12H14ClF10NO2. The van der Waals surface area contributed by atoms with Crippen LogP contribution in [0.25, 0.3) is 0 Å². The van der Waals surface area contributed by atoms with Gasteiger partial charge in [-0.1, -0.05) is 12.8 Å². The normalized spacial score (nSPS) is 14.5. The largest absolute Gasteiger partial charge is 0.396 e. The molecule has 0 rings (SSSR count). The van der Waals surface area contributed by atoms with E-state index in [0.29, 0.717) is 12.8 Å². The van der Waals surface area contributed by atoms with Crippen LogP contribution in [0.1, 0.15) is 25.7 Å². The minimum atomic E-state index is -7.35. The number of rotatable bonds is 11. The fourth-order valence-electron chi connectivity index (χ4n) is 1.62. The minimum absolute atomic E-state index is 0.0836. The zero-order chi connectivity index (χ0) is 21.0. The number of aliphatic hydroxyl groups excluding tert-OH is 1. The van der Waals surface area contributed by atoms with Gasteiger partial charge in [-0.05, 0) is 24.4 Å². The molecule has 0 spiro atoms. The number of nitrogens with one attached hydrogen (secondary N) is 1. The molecule has 0 aliphatic carbocycles. The Bertz CT molecular complexity index is 481. The van der Waals surface area contributed by atoms with E-state index in [4.69, 9.17) is 5.11 Å². The Morgan fingerprint density at radius 2 is 1.23 bits per heavy atom. The highest BCUT2D eigenvalue weighted by molar-refractivity contribution is 6.22. The van der Waals surface area contributed by atoms with Crippen LogP contribution in [0.2, 0.25) is 0 Å². The van der Waals surface area contributed by atoms with Gasteiger partial charge in [0, 0.05) is 13.2 Å². The van der Waals surface area contributed by atoms with Crippen LogP contribution >= 0.6 is 11.6 Å². The zero-order valence-electron chi connectivity index (χ0n) is 12.8. The number of carbonyl (C=O) groups is 1. The third kappa shape index (κ3) is 4.65. The van der Waals surface area contributed by atoms with Crippen LogP contribution < -0.4 is 5.32 Å². The van der Waals surface area contributed by atoms with Gasteiger partial charge in [-0.15, -0.1) is 0 Å². The fourth-order valence-corrected chi connectivity index (χ4v) is 1.74. The molecule has 0 saturated heterocycles. The predicted octanol–water partition coefficient (Wildman–Crippen LogP) is 4.03. The third-order valence-corrected chi connectivity index (χ3v) is 3.43. The van der Waals surface area contributed by atoms with Crippen molar-refractivity contribution in [2.45, 2.75) is 54.8 Å². The molecule has 14 heteroatoms. The first-order valence-corrected chi connectivity index (χ1v) is 7.33. The van der Waals surface area contributed by atoms with Gasteiger partial charge in [0.2, 0.25) is 0 Å². The summed E-state index contributed by atoms with van der Waals surface area (Å²) in [4.78, 5) is 11.0. The molecule has 156 valence electrons. The van der Waals surface area contributed by atoms with Crippen molar-refractivity contribution in [3.8, 4) is 0 Å². The third-order valence-electron chi connectivity index (χ3n) is 3.19. The second kappa shape index (κ2) is 8.36. The minimum Gasteiger partial charge on any atom is -0.396 e. The molecule has 3 nitrogen and oxygen atoms in total. The molecule has 0 fully saturated rings. The van der Waals surface area contributed by atoms with Gasteiger partial charge in [-0.2, -0.15) is 43.9 Å². The van der Waals surface area contributed by atoms with Gasteiger partial charge in [0.1, 0.15) is 0 Å². The molecule has 0 aliphatic rings. The van der Waals surface area contributed by atoms with E-state index in [0.717, 1.165) is 5.32 Å². The Kier molecular flexibility index (Phi) is 8.04. The molecule has 0 aromatic rings. The van der Waals surface area contributed by atoms with Crippen molar-refractivity contribution in [2.24, 2.45) is 0 Å². The van der Waals surface area contributed by atoms with E-state index in [9.17, 15) is 48.7 Å². The van der Waals surface area contributed by atoms with E-state index in [1.807, 2.05) is 0 Å². The Hall–Kier alpha value is -0.980. The molecule has 0 aromatic carbocycles. The SMILES string of the molecule is O=C(NCCCCCCO)C(F)(F)C(F)(F)C(F)(F)C(F)(F)C(F)(F)Cl. The molecule has 26 heavy (non-hydrogen) atoms. The van der Waals surface area contributed by atoms with Gasteiger partial charge >= 0.3 is 29.1 Å². The molecular weight excluding hydrogens is 416 g/mol. The number of halogens is 11. The zero-order valence-corrected chi connectivity index (χ0v) is 13.5. The number of carbonyl (C=O) groups excluding carboxylic acids is 1. The summed E-state index contributed by atoms with van der Waals surface area (Å²) in [6, 6.07) is 0. The van der Waals surface area contributed by atoms with Crippen molar-refractivity contribution in [1.82, 2.24) is 5.32 Å². The van der Waals surface area contributed by atoms with Gasteiger partial charge in [-0.25, -0.2) is 0 Å². The molecule has 0 aliphatic heterocycles. The van der Waals surface area contributed by atoms with Crippen LogP contribution in [-0.2, 0) is 4.79 Å². The summed E-state index contributed by atoms with van der Waals surface area (Å²) in [5, 5.41) is 3.30. The smallest absolute Gasteiger partial charge is 0.393 e. The average Bonchev–Trinajstić information content (AvgIpc) is 2.48. The van der Waals surface area contributed by atoms with Crippen molar-refractivity contribution >= 4 is 17.5 Å². The lowest BCUT2D eigenvalue weighted by atomic mass is 9.98. The Balaban J connectivity index is 5.26. The Labute approximate surface area is 145 Å². The van der Waals surface area contributed by atoms with E-state index < -0.39 is 41.5 Å². The number of alkyl halides is 11. The number of amides is 1. The van der Waals surface area contributed by atoms with Crippen molar-refractivity contribution in [1.29, 1.82) is 0 Å². The second-order valence-electron chi connectivity index (χ2n) is 5.19.